The van der Waals surface area contributed by atoms with Gasteiger partial charge in [0.25, 0.3) is 0 Å². The molecule has 1 aromatic rings. The van der Waals surface area contributed by atoms with Crippen LogP contribution in [0, 0.1) is 5.41 Å². The number of nitrogens with one attached hydrogen (secondary N) is 1. The van der Waals surface area contributed by atoms with Crippen LogP contribution in [0.1, 0.15) is 20.8 Å². The highest BCUT2D eigenvalue weighted by Crippen LogP contribution is 2.26. The number of amides is 2. The number of benzene rings is 1. The summed E-state index contributed by atoms with van der Waals surface area (Å²) in [6.45, 7) is 6.30. The van der Waals surface area contributed by atoms with Crippen LogP contribution in [0.3, 0.4) is 0 Å². The van der Waals surface area contributed by atoms with E-state index in [1.165, 1.54) is 0 Å². The Hall–Kier alpha value is -1.97. The summed E-state index contributed by atoms with van der Waals surface area (Å²) in [7, 11) is 1.61. The van der Waals surface area contributed by atoms with Crippen molar-refractivity contribution in [2.24, 2.45) is 5.41 Å². The lowest BCUT2D eigenvalue weighted by Crippen LogP contribution is -2.50. The van der Waals surface area contributed by atoms with E-state index in [2.05, 4.69) is 26.1 Å². The lowest BCUT2D eigenvalue weighted by Gasteiger charge is -2.34. The molecule has 19 heavy (non-hydrogen) atoms. The van der Waals surface area contributed by atoms with Crippen molar-refractivity contribution in [2.75, 3.05) is 12.0 Å². The van der Waals surface area contributed by atoms with Gasteiger partial charge < -0.3 is 10.1 Å². The van der Waals surface area contributed by atoms with Crippen molar-refractivity contribution in [3.05, 3.63) is 36.5 Å². The van der Waals surface area contributed by atoms with E-state index in [1.54, 1.807) is 12.0 Å². The maximum absolute atomic E-state index is 12.2. The van der Waals surface area contributed by atoms with Crippen LogP contribution in [0.15, 0.2) is 36.5 Å². The summed E-state index contributed by atoms with van der Waals surface area (Å²) in [6, 6.07) is 7.36. The zero-order chi connectivity index (χ0) is 14.0. The van der Waals surface area contributed by atoms with Gasteiger partial charge in [0, 0.05) is 12.3 Å². The van der Waals surface area contributed by atoms with E-state index in [-0.39, 0.29) is 17.5 Å². The third-order valence-electron chi connectivity index (χ3n) is 3.19. The first-order chi connectivity index (χ1) is 8.91. The molecule has 0 aliphatic carbocycles. The van der Waals surface area contributed by atoms with Gasteiger partial charge in [-0.15, -0.1) is 0 Å². The summed E-state index contributed by atoms with van der Waals surface area (Å²) >= 11 is 0. The van der Waals surface area contributed by atoms with Gasteiger partial charge in [0.15, 0.2) is 0 Å². The van der Waals surface area contributed by atoms with Crippen LogP contribution in [-0.4, -0.2) is 19.2 Å². The van der Waals surface area contributed by atoms with E-state index in [9.17, 15) is 4.79 Å². The van der Waals surface area contributed by atoms with Crippen molar-refractivity contribution in [1.29, 1.82) is 0 Å². The summed E-state index contributed by atoms with van der Waals surface area (Å²) in [5, 5.41) is 3.00. The molecule has 1 unspecified atom stereocenters. The largest absolute Gasteiger partial charge is 0.497 e. The second-order valence-corrected chi connectivity index (χ2v) is 5.71. The van der Waals surface area contributed by atoms with Crippen molar-refractivity contribution in [1.82, 2.24) is 5.32 Å². The Labute approximate surface area is 114 Å². The summed E-state index contributed by atoms with van der Waals surface area (Å²) in [6.07, 6.45) is 3.84. The zero-order valence-corrected chi connectivity index (χ0v) is 11.8. The molecule has 4 heteroatoms. The van der Waals surface area contributed by atoms with Crippen molar-refractivity contribution < 1.29 is 9.53 Å². The zero-order valence-electron chi connectivity index (χ0n) is 11.8. The summed E-state index contributed by atoms with van der Waals surface area (Å²) < 4.78 is 5.17. The molecular weight excluding hydrogens is 240 g/mol. The van der Waals surface area contributed by atoms with Crippen molar-refractivity contribution in [3.8, 4) is 5.75 Å². The number of hydrogen-bond donors (Lipinski definition) is 1. The van der Waals surface area contributed by atoms with Gasteiger partial charge in [0.1, 0.15) is 5.75 Å². The van der Waals surface area contributed by atoms with Gasteiger partial charge in [-0.1, -0.05) is 26.8 Å². The predicted molar refractivity (Wildman–Crippen MR) is 76.4 cm³/mol. The van der Waals surface area contributed by atoms with E-state index >= 15 is 0 Å². The average molecular weight is 260 g/mol. The highest BCUT2D eigenvalue weighted by molar-refractivity contribution is 5.95. The molecule has 0 saturated carbocycles. The third kappa shape index (κ3) is 2.89. The van der Waals surface area contributed by atoms with Crippen LogP contribution in [-0.2, 0) is 0 Å². The Morgan fingerprint density at radius 3 is 2.63 bits per heavy atom. The van der Waals surface area contributed by atoms with Crippen LogP contribution < -0.4 is 15.0 Å². The number of carbonyl (C=O) groups excluding carboxylic acids is 1. The minimum atomic E-state index is -0.115. The molecular formula is C15H20N2O2. The molecule has 102 valence electrons. The maximum atomic E-state index is 12.2. The minimum absolute atomic E-state index is 0.00658. The molecule has 2 amide bonds. The molecule has 2 rings (SSSR count). The maximum Gasteiger partial charge on any atom is 0.326 e. The number of rotatable bonds is 2. The van der Waals surface area contributed by atoms with Gasteiger partial charge >= 0.3 is 6.03 Å². The Morgan fingerprint density at radius 1 is 1.32 bits per heavy atom. The second-order valence-electron chi connectivity index (χ2n) is 5.71. The molecule has 1 aromatic carbocycles. The molecule has 0 saturated heterocycles. The number of ether oxygens (including phenoxy) is 1. The van der Waals surface area contributed by atoms with E-state index in [0.717, 1.165) is 11.4 Å². The number of anilines is 1. The SMILES string of the molecule is COc1cccc(N2C=CC(C(C)(C)C)NC2=O)c1. The molecule has 1 aliphatic rings. The first-order valence-corrected chi connectivity index (χ1v) is 6.34. The molecule has 0 fully saturated rings. The van der Waals surface area contributed by atoms with Crippen molar-refractivity contribution >= 4 is 11.7 Å². The number of nitrogens with zero attached hydrogens (tertiary/aromatic N) is 1. The molecule has 1 aliphatic heterocycles. The fourth-order valence-electron chi connectivity index (χ4n) is 1.96. The van der Waals surface area contributed by atoms with Crippen LogP contribution in [0.25, 0.3) is 0 Å². The quantitative estimate of drug-likeness (QED) is 0.887. The normalized spacial score (nSPS) is 19.3. The van der Waals surface area contributed by atoms with E-state index in [1.807, 2.05) is 36.5 Å². The van der Waals surface area contributed by atoms with Gasteiger partial charge in [-0.05, 0) is 23.6 Å². The summed E-state index contributed by atoms with van der Waals surface area (Å²) in [5.41, 5.74) is 0.799. The topological polar surface area (TPSA) is 41.6 Å². The first kappa shape index (κ1) is 13.5. The fourth-order valence-corrected chi connectivity index (χ4v) is 1.96. The van der Waals surface area contributed by atoms with Crippen LogP contribution in [0.4, 0.5) is 10.5 Å². The molecule has 0 radical (unpaired) electrons. The summed E-state index contributed by atoms with van der Waals surface area (Å²) in [5.74, 6) is 0.733. The van der Waals surface area contributed by atoms with E-state index < -0.39 is 0 Å². The predicted octanol–water partition coefficient (Wildman–Crippen LogP) is 3.15. The highest BCUT2D eigenvalue weighted by atomic mass is 16.5. The van der Waals surface area contributed by atoms with Crippen LogP contribution in [0.5, 0.6) is 5.75 Å². The molecule has 0 bridgehead atoms. The van der Waals surface area contributed by atoms with Gasteiger partial charge in [-0.2, -0.15) is 0 Å². The van der Waals surface area contributed by atoms with Crippen LogP contribution >= 0.6 is 0 Å². The lowest BCUT2D eigenvalue weighted by molar-refractivity contribution is 0.232. The Bertz CT molecular complexity index is 503. The van der Waals surface area contributed by atoms with Crippen molar-refractivity contribution in [2.45, 2.75) is 26.8 Å². The van der Waals surface area contributed by atoms with E-state index in [0.29, 0.717) is 0 Å². The summed E-state index contributed by atoms with van der Waals surface area (Å²) in [4.78, 5) is 13.8. The molecule has 0 spiro atoms. The number of urea groups is 1. The highest BCUT2D eigenvalue weighted by Gasteiger charge is 2.29. The third-order valence-corrected chi connectivity index (χ3v) is 3.19. The second kappa shape index (κ2) is 4.96. The lowest BCUT2D eigenvalue weighted by atomic mass is 9.86. The van der Waals surface area contributed by atoms with Gasteiger partial charge in [0.2, 0.25) is 0 Å². The molecule has 1 N–H and O–H groups in total. The molecule has 4 nitrogen and oxygen atoms in total. The molecule has 1 heterocycles. The number of hydrogen-bond acceptors (Lipinski definition) is 2. The van der Waals surface area contributed by atoms with Gasteiger partial charge in [-0.25, -0.2) is 4.79 Å². The van der Waals surface area contributed by atoms with Gasteiger partial charge in [0.05, 0.1) is 18.8 Å². The number of carbonyl (C=O) groups is 1. The average Bonchev–Trinajstić information content (AvgIpc) is 2.37. The standard InChI is InChI=1S/C15H20N2O2/c1-15(2,3)13-8-9-17(14(18)16-13)11-6-5-7-12(10-11)19-4/h5-10,13H,1-4H3,(H,16,18). The molecule has 1 atom stereocenters. The smallest absolute Gasteiger partial charge is 0.326 e. The Kier molecular flexibility index (Phi) is 3.51. The minimum Gasteiger partial charge on any atom is -0.497 e. The monoisotopic (exact) mass is 260 g/mol. The Balaban J connectivity index is 2.25. The van der Waals surface area contributed by atoms with Crippen LogP contribution in [0.2, 0.25) is 0 Å². The first-order valence-electron chi connectivity index (χ1n) is 6.34. The fraction of sp³-hybridized carbons (Fsp3) is 0.400. The number of methoxy groups -OCH3 is 1. The Morgan fingerprint density at radius 2 is 2.05 bits per heavy atom. The van der Waals surface area contributed by atoms with E-state index in [4.69, 9.17) is 4.74 Å². The molecule has 0 aromatic heterocycles. The van der Waals surface area contributed by atoms with Crippen molar-refractivity contribution in [3.63, 3.8) is 0 Å². The van der Waals surface area contributed by atoms with Gasteiger partial charge in [-0.3, -0.25) is 4.90 Å².